The summed E-state index contributed by atoms with van der Waals surface area (Å²) in [5, 5.41) is 11.4. The highest BCUT2D eigenvalue weighted by Gasteiger charge is 2.47. The summed E-state index contributed by atoms with van der Waals surface area (Å²) in [6, 6.07) is 9.31. The van der Waals surface area contributed by atoms with Crippen molar-refractivity contribution in [1.29, 1.82) is 0 Å². The number of halogens is 2. The average Bonchev–Trinajstić information content (AvgIpc) is 3.36. The number of carbonyl (C=O) groups excluding carboxylic acids is 2. The number of likely N-dealkylation sites (tertiary alicyclic amines) is 1. The molecule has 2 unspecified atom stereocenters. The zero-order valence-electron chi connectivity index (χ0n) is 16.8. The quantitative estimate of drug-likeness (QED) is 0.426. The summed E-state index contributed by atoms with van der Waals surface area (Å²) in [5.74, 6) is -2.38. The molecule has 2 fully saturated rings. The van der Waals surface area contributed by atoms with Crippen LogP contribution in [-0.4, -0.2) is 48.1 Å². The van der Waals surface area contributed by atoms with Crippen LogP contribution in [0.1, 0.15) is 30.0 Å². The van der Waals surface area contributed by atoms with Crippen molar-refractivity contribution in [3.63, 3.8) is 0 Å². The fourth-order valence-corrected chi connectivity index (χ4v) is 4.25. The number of ketones is 1. The predicted molar refractivity (Wildman–Crippen MR) is 112 cm³/mol. The lowest BCUT2D eigenvalue weighted by molar-refractivity contribution is -0.140. The number of nitrogens with zero attached hydrogens (tertiary/aromatic N) is 1. The number of Topliss-reactive ketones (excluding diaryl/α,β-unsaturated/α-hetero) is 1. The van der Waals surface area contributed by atoms with Crippen molar-refractivity contribution in [2.75, 3.05) is 20.3 Å². The van der Waals surface area contributed by atoms with Crippen molar-refractivity contribution in [1.82, 2.24) is 4.90 Å². The molecule has 2 saturated heterocycles. The minimum Gasteiger partial charge on any atom is -0.507 e. The second kappa shape index (κ2) is 8.69. The normalized spacial score (nSPS) is 22.9. The van der Waals surface area contributed by atoms with Gasteiger partial charge in [-0.2, -0.15) is 0 Å². The molecule has 4 rings (SSSR count). The van der Waals surface area contributed by atoms with Gasteiger partial charge >= 0.3 is 0 Å². The van der Waals surface area contributed by atoms with E-state index < -0.39 is 29.3 Å². The number of hydrogen-bond donors (Lipinski definition) is 1. The van der Waals surface area contributed by atoms with Crippen LogP contribution in [0.25, 0.3) is 5.76 Å². The molecule has 8 heteroatoms. The number of carbonyl (C=O) groups is 2. The minimum absolute atomic E-state index is 0.127. The first kappa shape index (κ1) is 21.3. The standard InChI is InChI=1S/C23H21ClFNO5/c1-30-18-11-13(8-9-16(18)24)21(27)19-20(15-6-2-3-7-17(15)25)26(23(29)22(19)28)12-14-5-4-10-31-14/h2-3,6-9,11,14,20,27H,4-5,10,12H2,1H3/b21-19+. The Morgan fingerprint density at radius 1 is 1.29 bits per heavy atom. The Labute approximate surface area is 183 Å². The fourth-order valence-electron chi connectivity index (χ4n) is 4.06. The molecular formula is C23H21ClFNO5. The van der Waals surface area contributed by atoms with Crippen LogP contribution < -0.4 is 4.74 Å². The van der Waals surface area contributed by atoms with Crippen LogP contribution in [0.4, 0.5) is 4.39 Å². The highest BCUT2D eigenvalue weighted by Crippen LogP contribution is 2.41. The SMILES string of the molecule is COc1cc(/C(O)=C2\C(=O)C(=O)N(CC3CCCO3)C2c2ccccc2F)ccc1Cl. The fraction of sp³-hybridized carbons (Fsp3) is 0.304. The number of aliphatic hydroxyl groups excluding tert-OH is 1. The zero-order valence-corrected chi connectivity index (χ0v) is 17.6. The van der Waals surface area contributed by atoms with Gasteiger partial charge in [-0.05, 0) is 37.1 Å². The number of aliphatic hydroxyl groups is 1. The summed E-state index contributed by atoms with van der Waals surface area (Å²) in [6.45, 7) is 0.702. The second-order valence-corrected chi connectivity index (χ2v) is 7.86. The van der Waals surface area contributed by atoms with Crippen molar-refractivity contribution in [3.05, 3.63) is 70.0 Å². The molecule has 0 spiro atoms. The van der Waals surface area contributed by atoms with Gasteiger partial charge in [0.1, 0.15) is 17.3 Å². The third-order valence-corrected chi connectivity index (χ3v) is 5.90. The molecule has 2 aliphatic rings. The van der Waals surface area contributed by atoms with Gasteiger partial charge in [0.2, 0.25) is 0 Å². The Hall–Kier alpha value is -2.90. The average molecular weight is 446 g/mol. The molecule has 1 N–H and O–H groups in total. The number of amides is 1. The maximum atomic E-state index is 14.8. The summed E-state index contributed by atoms with van der Waals surface area (Å²) >= 11 is 6.06. The van der Waals surface area contributed by atoms with Gasteiger partial charge in [0.05, 0.1) is 29.9 Å². The van der Waals surface area contributed by atoms with Gasteiger partial charge in [-0.25, -0.2) is 4.39 Å². The maximum absolute atomic E-state index is 14.8. The van der Waals surface area contributed by atoms with Crippen LogP contribution in [0.5, 0.6) is 5.75 Å². The van der Waals surface area contributed by atoms with Gasteiger partial charge in [-0.15, -0.1) is 0 Å². The molecular weight excluding hydrogens is 425 g/mol. The van der Waals surface area contributed by atoms with E-state index in [-0.39, 0.29) is 29.3 Å². The van der Waals surface area contributed by atoms with E-state index in [0.29, 0.717) is 17.4 Å². The highest BCUT2D eigenvalue weighted by atomic mass is 35.5. The Morgan fingerprint density at radius 2 is 2.06 bits per heavy atom. The summed E-state index contributed by atoms with van der Waals surface area (Å²) in [7, 11) is 1.42. The number of rotatable bonds is 5. The minimum atomic E-state index is -1.08. The largest absolute Gasteiger partial charge is 0.507 e. The summed E-state index contributed by atoms with van der Waals surface area (Å²) in [5.41, 5.74) is 0.178. The summed E-state index contributed by atoms with van der Waals surface area (Å²) in [4.78, 5) is 27.2. The lowest BCUT2D eigenvalue weighted by Crippen LogP contribution is -2.36. The van der Waals surface area contributed by atoms with E-state index in [1.165, 1.54) is 48.4 Å². The number of hydrogen-bond acceptors (Lipinski definition) is 5. The monoisotopic (exact) mass is 445 g/mol. The molecule has 2 heterocycles. The number of methoxy groups -OCH3 is 1. The smallest absolute Gasteiger partial charge is 0.295 e. The lowest BCUT2D eigenvalue weighted by Gasteiger charge is -2.27. The van der Waals surface area contributed by atoms with Crippen LogP contribution >= 0.6 is 11.6 Å². The molecule has 2 aromatic carbocycles. The molecule has 0 aliphatic carbocycles. The van der Waals surface area contributed by atoms with E-state index >= 15 is 0 Å². The van der Waals surface area contributed by atoms with Gasteiger partial charge in [-0.3, -0.25) is 9.59 Å². The van der Waals surface area contributed by atoms with Crippen molar-refractivity contribution < 1.29 is 28.6 Å². The highest BCUT2D eigenvalue weighted by molar-refractivity contribution is 6.46. The third-order valence-electron chi connectivity index (χ3n) is 5.59. The zero-order chi connectivity index (χ0) is 22.1. The molecule has 0 aromatic heterocycles. The first-order chi connectivity index (χ1) is 14.9. The molecule has 2 aliphatic heterocycles. The van der Waals surface area contributed by atoms with Crippen molar-refractivity contribution in [2.45, 2.75) is 25.0 Å². The molecule has 31 heavy (non-hydrogen) atoms. The molecule has 162 valence electrons. The van der Waals surface area contributed by atoms with Gasteiger partial charge < -0.3 is 19.5 Å². The number of benzene rings is 2. The van der Waals surface area contributed by atoms with Crippen LogP contribution in [0.3, 0.4) is 0 Å². The van der Waals surface area contributed by atoms with E-state index in [2.05, 4.69) is 0 Å². The molecule has 6 nitrogen and oxygen atoms in total. The van der Waals surface area contributed by atoms with Gasteiger partial charge in [0.15, 0.2) is 0 Å². The van der Waals surface area contributed by atoms with Gasteiger partial charge in [-0.1, -0.05) is 29.8 Å². The Morgan fingerprint density at radius 3 is 2.74 bits per heavy atom. The molecule has 2 atom stereocenters. The van der Waals surface area contributed by atoms with E-state index in [4.69, 9.17) is 21.1 Å². The first-order valence-electron chi connectivity index (χ1n) is 9.90. The van der Waals surface area contributed by atoms with Crippen molar-refractivity contribution >= 4 is 29.1 Å². The van der Waals surface area contributed by atoms with E-state index in [9.17, 15) is 19.1 Å². The Bertz CT molecular complexity index is 1060. The molecule has 0 saturated carbocycles. The maximum Gasteiger partial charge on any atom is 0.295 e. The van der Waals surface area contributed by atoms with Gasteiger partial charge in [0.25, 0.3) is 11.7 Å². The first-order valence-corrected chi connectivity index (χ1v) is 10.3. The van der Waals surface area contributed by atoms with Crippen molar-refractivity contribution in [3.8, 4) is 5.75 Å². The van der Waals surface area contributed by atoms with E-state index in [1.807, 2.05) is 0 Å². The molecule has 0 bridgehead atoms. The summed E-state index contributed by atoms with van der Waals surface area (Å²) in [6.07, 6.45) is 1.34. The molecule has 0 radical (unpaired) electrons. The topological polar surface area (TPSA) is 76.1 Å². The van der Waals surface area contributed by atoms with E-state index in [0.717, 1.165) is 12.8 Å². The van der Waals surface area contributed by atoms with Crippen LogP contribution in [0.15, 0.2) is 48.0 Å². The van der Waals surface area contributed by atoms with Crippen LogP contribution in [0, 0.1) is 5.82 Å². The van der Waals surface area contributed by atoms with Crippen LogP contribution in [-0.2, 0) is 14.3 Å². The van der Waals surface area contributed by atoms with Crippen molar-refractivity contribution in [2.24, 2.45) is 0 Å². The third kappa shape index (κ3) is 3.91. The van der Waals surface area contributed by atoms with Gasteiger partial charge in [0, 0.05) is 24.3 Å². The lowest BCUT2D eigenvalue weighted by atomic mass is 9.94. The molecule has 2 aromatic rings. The van der Waals surface area contributed by atoms with E-state index in [1.54, 1.807) is 6.07 Å². The predicted octanol–water partition coefficient (Wildman–Crippen LogP) is 4.09. The number of ether oxygens (including phenoxy) is 2. The molecule has 1 amide bonds. The van der Waals surface area contributed by atoms with Crippen LogP contribution in [0.2, 0.25) is 5.02 Å². The Balaban J connectivity index is 1.86. The Kier molecular flexibility index (Phi) is 5.98. The second-order valence-electron chi connectivity index (χ2n) is 7.46. The summed E-state index contributed by atoms with van der Waals surface area (Å²) < 4.78 is 25.6.